The first-order valence-electron chi connectivity index (χ1n) is 7.67. The standard InChI is InChI=1S/C19H22FNO2/c1-13-10-14(2)19(15(3)11-13)23-12-18(22)21-9-8-16-4-6-17(20)7-5-16/h4-7,10-11H,8-9,12H2,1-3H3,(H,21,22). The van der Waals surface area contributed by atoms with Crippen LogP contribution in [0.2, 0.25) is 0 Å². The van der Waals surface area contributed by atoms with Crippen molar-refractivity contribution in [3.8, 4) is 5.75 Å². The average molecular weight is 315 g/mol. The number of halogens is 1. The Morgan fingerprint density at radius 3 is 2.30 bits per heavy atom. The molecule has 0 fully saturated rings. The van der Waals surface area contributed by atoms with Crippen LogP contribution in [0.1, 0.15) is 22.3 Å². The molecule has 0 heterocycles. The molecule has 0 saturated carbocycles. The van der Waals surface area contributed by atoms with Crippen LogP contribution in [0, 0.1) is 26.6 Å². The van der Waals surface area contributed by atoms with Crippen LogP contribution in [0.5, 0.6) is 5.75 Å². The second-order valence-electron chi connectivity index (χ2n) is 5.74. The molecule has 2 aromatic carbocycles. The lowest BCUT2D eigenvalue weighted by Crippen LogP contribution is -2.30. The number of amides is 1. The molecule has 0 spiro atoms. The maximum atomic E-state index is 12.8. The summed E-state index contributed by atoms with van der Waals surface area (Å²) < 4.78 is 18.4. The molecule has 4 heteroatoms. The molecule has 3 nitrogen and oxygen atoms in total. The molecular formula is C19H22FNO2. The Morgan fingerprint density at radius 1 is 1.09 bits per heavy atom. The molecule has 0 aromatic heterocycles. The third kappa shape index (κ3) is 5.09. The second-order valence-corrected chi connectivity index (χ2v) is 5.74. The van der Waals surface area contributed by atoms with E-state index in [1.807, 2.05) is 32.9 Å². The van der Waals surface area contributed by atoms with E-state index in [0.29, 0.717) is 13.0 Å². The summed E-state index contributed by atoms with van der Waals surface area (Å²) in [6.45, 7) is 6.48. The number of rotatable bonds is 6. The third-order valence-corrected chi connectivity index (χ3v) is 3.60. The molecule has 0 saturated heterocycles. The Kier molecular flexibility index (Phi) is 5.74. The minimum atomic E-state index is -0.255. The molecule has 122 valence electrons. The van der Waals surface area contributed by atoms with E-state index in [2.05, 4.69) is 5.32 Å². The van der Waals surface area contributed by atoms with Crippen molar-refractivity contribution < 1.29 is 13.9 Å². The van der Waals surface area contributed by atoms with Gasteiger partial charge in [-0.2, -0.15) is 0 Å². The van der Waals surface area contributed by atoms with Gasteiger partial charge >= 0.3 is 0 Å². The molecule has 2 aromatic rings. The molecule has 0 aliphatic carbocycles. The normalized spacial score (nSPS) is 10.4. The number of carbonyl (C=O) groups is 1. The Balaban J connectivity index is 1.78. The Bertz CT molecular complexity index is 657. The molecule has 0 bridgehead atoms. The summed E-state index contributed by atoms with van der Waals surface area (Å²) in [6.07, 6.45) is 0.661. The van der Waals surface area contributed by atoms with E-state index in [9.17, 15) is 9.18 Å². The predicted molar refractivity (Wildman–Crippen MR) is 89.3 cm³/mol. The van der Waals surface area contributed by atoms with E-state index in [4.69, 9.17) is 4.74 Å². The van der Waals surface area contributed by atoms with Gasteiger partial charge in [-0.1, -0.05) is 29.8 Å². The molecule has 1 N–H and O–H groups in total. The summed E-state index contributed by atoms with van der Waals surface area (Å²) in [5.74, 6) is 0.353. The summed E-state index contributed by atoms with van der Waals surface area (Å²) >= 11 is 0. The fourth-order valence-electron chi connectivity index (χ4n) is 2.58. The van der Waals surface area contributed by atoms with Crippen LogP contribution in [0.3, 0.4) is 0 Å². The maximum absolute atomic E-state index is 12.8. The van der Waals surface area contributed by atoms with Gasteiger partial charge in [-0.25, -0.2) is 4.39 Å². The van der Waals surface area contributed by atoms with Gasteiger partial charge in [0.05, 0.1) is 0 Å². The lowest BCUT2D eigenvalue weighted by atomic mass is 10.1. The smallest absolute Gasteiger partial charge is 0.257 e. The van der Waals surface area contributed by atoms with E-state index in [1.54, 1.807) is 12.1 Å². The van der Waals surface area contributed by atoms with Crippen LogP contribution in [0.15, 0.2) is 36.4 Å². The second kappa shape index (κ2) is 7.77. The zero-order valence-corrected chi connectivity index (χ0v) is 13.8. The monoisotopic (exact) mass is 315 g/mol. The van der Waals surface area contributed by atoms with Crippen molar-refractivity contribution >= 4 is 5.91 Å². The highest BCUT2D eigenvalue weighted by Gasteiger charge is 2.08. The molecule has 0 unspecified atom stereocenters. The first-order chi connectivity index (χ1) is 11.0. The van der Waals surface area contributed by atoms with Crippen LogP contribution in [-0.2, 0) is 11.2 Å². The Hall–Kier alpha value is -2.36. The number of carbonyl (C=O) groups excluding carboxylic acids is 1. The van der Waals surface area contributed by atoms with E-state index in [0.717, 1.165) is 22.4 Å². The van der Waals surface area contributed by atoms with Gasteiger partial charge in [0, 0.05) is 6.54 Å². The highest BCUT2D eigenvalue weighted by atomic mass is 19.1. The van der Waals surface area contributed by atoms with Crippen LogP contribution >= 0.6 is 0 Å². The number of hydrogen-bond acceptors (Lipinski definition) is 2. The molecule has 0 radical (unpaired) electrons. The number of aryl methyl sites for hydroxylation is 3. The zero-order chi connectivity index (χ0) is 16.8. The first kappa shape index (κ1) is 17.0. The lowest BCUT2D eigenvalue weighted by molar-refractivity contribution is -0.123. The molecule has 2 rings (SSSR count). The molecule has 1 amide bonds. The van der Waals surface area contributed by atoms with E-state index >= 15 is 0 Å². The van der Waals surface area contributed by atoms with E-state index in [-0.39, 0.29) is 18.3 Å². The molecule has 0 aliphatic rings. The topological polar surface area (TPSA) is 38.3 Å². The quantitative estimate of drug-likeness (QED) is 0.886. The Labute approximate surface area is 136 Å². The van der Waals surface area contributed by atoms with Crippen molar-refractivity contribution in [1.82, 2.24) is 5.32 Å². The van der Waals surface area contributed by atoms with Gasteiger partial charge < -0.3 is 10.1 Å². The van der Waals surface area contributed by atoms with E-state index in [1.165, 1.54) is 17.7 Å². The van der Waals surface area contributed by atoms with E-state index < -0.39 is 0 Å². The van der Waals surface area contributed by atoms with Crippen molar-refractivity contribution in [3.05, 3.63) is 64.5 Å². The first-order valence-corrected chi connectivity index (χ1v) is 7.67. The lowest BCUT2D eigenvalue weighted by Gasteiger charge is -2.13. The van der Waals surface area contributed by atoms with Crippen molar-refractivity contribution in [3.63, 3.8) is 0 Å². The van der Waals surface area contributed by atoms with Crippen molar-refractivity contribution in [1.29, 1.82) is 0 Å². The molecule has 0 atom stereocenters. The van der Waals surface area contributed by atoms with Gasteiger partial charge in [0.2, 0.25) is 0 Å². The zero-order valence-electron chi connectivity index (χ0n) is 13.8. The van der Waals surface area contributed by atoms with Gasteiger partial charge in [-0.15, -0.1) is 0 Å². The molecular weight excluding hydrogens is 293 g/mol. The SMILES string of the molecule is Cc1cc(C)c(OCC(=O)NCCc2ccc(F)cc2)c(C)c1. The third-order valence-electron chi connectivity index (χ3n) is 3.60. The van der Waals surface area contributed by atoms with Crippen LogP contribution in [0.4, 0.5) is 4.39 Å². The van der Waals surface area contributed by atoms with Crippen LogP contribution < -0.4 is 10.1 Å². The van der Waals surface area contributed by atoms with Crippen molar-refractivity contribution in [2.24, 2.45) is 0 Å². The summed E-state index contributed by atoms with van der Waals surface area (Å²) in [7, 11) is 0. The fraction of sp³-hybridized carbons (Fsp3) is 0.316. The number of benzene rings is 2. The van der Waals surface area contributed by atoms with Gasteiger partial charge in [-0.05, 0) is 56.0 Å². The van der Waals surface area contributed by atoms with Gasteiger partial charge in [0.25, 0.3) is 5.91 Å². The predicted octanol–water partition coefficient (Wildman–Crippen LogP) is 3.49. The van der Waals surface area contributed by atoms with Crippen molar-refractivity contribution in [2.75, 3.05) is 13.2 Å². The number of nitrogens with one attached hydrogen (secondary N) is 1. The number of ether oxygens (including phenoxy) is 1. The highest BCUT2D eigenvalue weighted by Crippen LogP contribution is 2.24. The van der Waals surface area contributed by atoms with Gasteiger partial charge in [0.15, 0.2) is 6.61 Å². The summed E-state index contributed by atoms with van der Waals surface area (Å²) in [5.41, 5.74) is 4.22. The molecule has 23 heavy (non-hydrogen) atoms. The fourth-order valence-corrected chi connectivity index (χ4v) is 2.58. The Morgan fingerprint density at radius 2 is 1.70 bits per heavy atom. The molecule has 0 aliphatic heterocycles. The highest BCUT2D eigenvalue weighted by molar-refractivity contribution is 5.77. The van der Waals surface area contributed by atoms with Gasteiger partial charge in [-0.3, -0.25) is 4.79 Å². The summed E-state index contributed by atoms with van der Waals surface area (Å²) in [6, 6.07) is 10.4. The van der Waals surface area contributed by atoms with Crippen LogP contribution in [-0.4, -0.2) is 19.1 Å². The summed E-state index contributed by atoms with van der Waals surface area (Å²) in [4.78, 5) is 11.9. The summed E-state index contributed by atoms with van der Waals surface area (Å²) in [5, 5.41) is 2.81. The van der Waals surface area contributed by atoms with Gasteiger partial charge in [0.1, 0.15) is 11.6 Å². The largest absolute Gasteiger partial charge is 0.483 e. The van der Waals surface area contributed by atoms with Crippen molar-refractivity contribution in [2.45, 2.75) is 27.2 Å². The minimum absolute atomic E-state index is 0.00579. The minimum Gasteiger partial charge on any atom is -0.483 e. The average Bonchev–Trinajstić information content (AvgIpc) is 2.48. The van der Waals surface area contributed by atoms with Crippen LogP contribution in [0.25, 0.3) is 0 Å². The maximum Gasteiger partial charge on any atom is 0.257 e. The number of hydrogen-bond donors (Lipinski definition) is 1.